The molecule has 2 aromatic rings. The Labute approximate surface area is 183 Å². The lowest BCUT2D eigenvalue weighted by Gasteiger charge is -2.49. The van der Waals surface area contributed by atoms with Crippen molar-refractivity contribution in [2.24, 2.45) is 5.16 Å². The van der Waals surface area contributed by atoms with Crippen molar-refractivity contribution in [3.8, 4) is 0 Å². The predicted molar refractivity (Wildman–Crippen MR) is 108 cm³/mol. The van der Waals surface area contributed by atoms with E-state index < -0.39 is 34.9 Å². The molecule has 0 radical (unpaired) electrons. The molecule has 0 aliphatic carbocycles. The molecule has 2 aromatic heterocycles. The first-order chi connectivity index (χ1) is 14.4. The third-order valence-corrected chi connectivity index (χ3v) is 7.79. The molecule has 0 saturated carbocycles. The summed E-state index contributed by atoms with van der Waals surface area (Å²) in [5.74, 6) is -2.60. The van der Waals surface area contributed by atoms with Crippen LogP contribution >= 0.6 is 46.6 Å². The average molecular weight is 487 g/mol. The smallest absolute Gasteiger partial charge is 0.353 e. The number of β-lactam (4-membered cyclic amide) rings is 1. The van der Waals surface area contributed by atoms with Crippen LogP contribution in [0.15, 0.2) is 26.2 Å². The third kappa shape index (κ3) is 3.59. The topological polar surface area (TPSA) is 197 Å². The van der Waals surface area contributed by atoms with E-state index in [0.717, 1.165) is 28.0 Å². The minimum atomic E-state index is -1.25. The van der Waals surface area contributed by atoms with Gasteiger partial charge in [0, 0.05) is 22.2 Å². The van der Waals surface area contributed by atoms with Gasteiger partial charge in [0.25, 0.3) is 11.8 Å². The molecule has 4 heterocycles. The molecule has 0 bridgehead atoms. The fourth-order valence-corrected chi connectivity index (χ4v) is 6.24. The van der Waals surface area contributed by atoms with Gasteiger partial charge in [0.15, 0.2) is 5.13 Å². The molecule has 2 amide bonds. The number of aliphatic carboxylic acids is 1. The Hall–Kier alpha value is -2.76. The van der Waals surface area contributed by atoms with Crippen LogP contribution in [0.5, 0.6) is 0 Å². The Bertz CT molecular complexity index is 1080. The highest BCUT2D eigenvalue weighted by atomic mass is 32.2. The molecule has 1 unspecified atom stereocenters. The first-order valence-electron chi connectivity index (χ1n) is 7.89. The number of carboxylic acids is 1. The second-order valence-electron chi connectivity index (χ2n) is 5.68. The molecular weight excluding hydrogens is 476 g/mol. The summed E-state index contributed by atoms with van der Waals surface area (Å²) in [6, 6.07) is -0.999. The largest absolute Gasteiger partial charge is 0.477 e. The number of aromatic nitrogens is 4. The highest BCUT2D eigenvalue weighted by molar-refractivity contribution is 8.07. The fraction of sp³-hybridized carbons (Fsp3) is 0.231. The highest BCUT2D eigenvalue weighted by Crippen LogP contribution is 2.45. The van der Waals surface area contributed by atoms with Crippen molar-refractivity contribution < 1.29 is 24.7 Å². The number of nitrogens with two attached hydrogens (primary N) is 1. The summed E-state index contributed by atoms with van der Waals surface area (Å²) >= 11 is 4.41. The Kier molecular flexibility index (Phi) is 5.58. The number of nitrogens with one attached hydrogen (secondary N) is 1. The number of rotatable bonds is 6. The maximum atomic E-state index is 12.7. The van der Waals surface area contributed by atoms with Gasteiger partial charge in [-0.1, -0.05) is 21.4 Å². The predicted octanol–water partition coefficient (Wildman–Crippen LogP) is -0.361. The van der Waals surface area contributed by atoms with Gasteiger partial charge in [-0.15, -0.1) is 16.9 Å². The number of hydrogen-bond donors (Lipinski definition) is 4. The summed E-state index contributed by atoms with van der Waals surface area (Å²) < 4.78 is 8.22. The number of amides is 2. The summed E-state index contributed by atoms with van der Waals surface area (Å²) in [4.78, 5) is 42.3. The van der Waals surface area contributed by atoms with E-state index in [1.54, 1.807) is 0 Å². The number of carbonyl (C=O) groups excluding carboxylic acids is 2. The van der Waals surface area contributed by atoms with Crippen LogP contribution in [0.3, 0.4) is 0 Å². The molecule has 30 heavy (non-hydrogen) atoms. The molecule has 0 spiro atoms. The lowest BCUT2D eigenvalue weighted by Crippen LogP contribution is -2.71. The zero-order valence-electron chi connectivity index (χ0n) is 14.5. The highest BCUT2D eigenvalue weighted by Gasteiger charge is 2.54. The molecule has 2 aliphatic heterocycles. The van der Waals surface area contributed by atoms with Crippen molar-refractivity contribution in [2.45, 2.75) is 15.6 Å². The first-order valence-corrected chi connectivity index (χ1v) is 11.3. The van der Waals surface area contributed by atoms with Crippen LogP contribution in [0, 0.1) is 0 Å². The van der Waals surface area contributed by atoms with Crippen molar-refractivity contribution in [2.75, 3.05) is 11.5 Å². The standard InChI is InChI=1S/C13H10N8O5S4/c14-13-17-8(19-30-13)5(18-26)9(22)16-6-10(23)21-7(12(24)25)3(2-27-11(6)21)28-4-1-15-20-29-4/h1,6,11,26H,2H2,(H,16,22)(H,24,25)(H2,14,17,19)/b18-5+/t6-,11?/m1/s1. The lowest BCUT2D eigenvalue weighted by molar-refractivity contribution is -0.150. The van der Waals surface area contributed by atoms with Crippen LogP contribution in [0.1, 0.15) is 5.82 Å². The van der Waals surface area contributed by atoms with Crippen LogP contribution in [0.2, 0.25) is 0 Å². The molecule has 0 aromatic carbocycles. The second kappa shape index (κ2) is 8.17. The quantitative estimate of drug-likeness (QED) is 0.179. The number of fused-ring (bicyclic) bond motifs is 1. The van der Waals surface area contributed by atoms with Crippen molar-refractivity contribution in [3.05, 3.63) is 22.6 Å². The number of carbonyl (C=O) groups is 3. The summed E-state index contributed by atoms with van der Waals surface area (Å²) in [5, 5.41) is 27.3. The average Bonchev–Trinajstić information content (AvgIpc) is 3.38. The van der Waals surface area contributed by atoms with Crippen molar-refractivity contribution in [3.63, 3.8) is 0 Å². The maximum Gasteiger partial charge on any atom is 0.353 e. The Balaban J connectivity index is 1.52. The van der Waals surface area contributed by atoms with Gasteiger partial charge in [-0.25, -0.2) is 4.79 Å². The first kappa shape index (κ1) is 20.5. The molecule has 17 heteroatoms. The van der Waals surface area contributed by atoms with Crippen LogP contribution in [0.25, 0.3) is 0 Å². The van der Waals surface area contributed by atoms with Gasteiger partial charge >= 0.3 is 5.97 Å². The van der Waals surface area contributed by atoms with E-state index in [0.29, 0.717) is 14.9 Å². The molecule has 2 atom stereocenters. The number of nitrogen functional groups attached to an aromatic ring is 1. The van der Waals surface area contributed by atoms with E-state index in [1.807, 2.05) is 0 Å². The molecule has 4 rings (SSSR count). The molecule has 1 fully saturated rings. The number of hydrogen-bond acceptors (Lipinski definition) is 14. The van der Waals surface area contributed by atoms with Crippen LogP contribution in [-0.4, -0.2) is 74.8 Å². The summed E-state index contributed by atoms with van der Waals surface area (Å²) in [6.45, 7) is 0. The second-order valence-corrected chi connectivity index (χ2v) is 9.75. The van der Waals surface area contributed by atoms with Gasteiger partial charge in [0.2, 0.25) is 11.5 Å². The third-order valence-electron chi connectivity index (χ3n) is 3.96. The summed E-state index contributed by atoms with van der Waals surface area (Å²) in [7, 11) is 0. The van der Waals surface area contributed by atoms with Crippen LogP contribution in [0.4, 0.5) is 5.13 Å². The van der Waals surface area contributed by atoms with Crippen LogP contribution in [-0.2, 0) is 14.4 Å². The monoisotopic (exact) mass is 486 g/mol. The number of nitrogens with zero attached hydrogens (tertiary/aromatic N) is 6. The zero-order chi connectivity index (χ0) is 21.4. The van der Waals surface area contributed by atoms with E-state index in [1.165, 1.54) is 29.7 Å². The van der Waals surface area contributed by atoms with Crippen LogP contribution < -0.4 is 11.1 Å². The minimum absolute atomic E-state index is 0.0742. The SMILES string of the molecule is Nc1nc(/C(=N\O)C(=O)N[C@@H]2C(=O)N3C(C(=O)O)=C(Sc4cnns4)CSC23)ns1. The van der Waals surface area contributed by atoms with E-state index in [9.17, 15) is 19.5 Å². The molecule has 156 valence electrons. The van der Waals surface area contributed by atoms with Crippen molar-refractivity contribution in [1.29, 1.82) is 0 Å². The lowest BCUT2D eigenvalue weighted by atomic mass is 10.0. The minimum Gasteiger partial charge on any atom is -0.477 e. The zero-order valence-corrected chi connectivity index (χ0v) is 17.7. The molecule has 5 N–H and O–H groups in total. The van der Waals surface area contributed by atoms with E-state index >= 15 is 0 Å². The molecule has 13 nitrogen and oxygen atoms in total. The van der Waals surface area contributed by atoms with Gasteiger partial charge < -0.3 is 21.4 Å². The Morgan fingerprint density at radius 1 is 1.40 bits per heavy atom. The van der Waals surface area contributed by atoms with Gasteiger partial charge in [-0.05, 0) is 11.5 Å². The Morgan fingerprint density at radius 3 is 2.80 bits per heavy atom. The number of carboxylic acid groups (broad SMARTS) is 1. The summed E-state index contributed by atoms with van der Waals surface area (Å²) in [5.41, 5.74) is 4.82. The van der Waals surface area contributed by atoms with Gasteiger partial charge in [0.1, 0.15) is 21.3 Å². The fourth-order valence-electron chi connectivity index (χ4n) is 2.73. The van der Waals surface area contributed by atoms with E-state index in [-0.39, 0.29) is 16.7 Å². The molecular formula is C13H10N8O5S4. The van der Waals surface area contributed by atoms with E-state index in [4.69, 9.17) is 10.9 Å². The Morgan fingerprint density at radius 2 is 2.20 bits per heavy atom. The maximum absolute atomic E-state index is 12.7. The number of thioether (sulfide) groups is 2. The van der Waals surface area contributed by atoms with Crippen molar-refractivity contribution in [1.82, 2.24) is 29.2 Å². The normalized spacial score (nSPS) is 21.3. The number of anilines is 1. The van der Waals surface area contributed by atoms with Gasteiger partial charge in [-0.2, -0.15) is 9.36 Å². The molecule has 1 saturated heterocycles. The van der Waals surface area contributed by atoms with E-state index in [2.05, 4.69) is 29.4 Å². The number of oxime groups is 1. The van der Waals surface area contributed by atoms with Gasteiger partial charge in [0.05, 0.1) is 6.20 Å². The van der Waals surface area contributed by atoms with Gasteiger partial charge in [-0.3, -0.25) is 14.5 Å². The summed E-state index contributed by atoms with van der Waals surface area (Å²) in [6.07, 6.45) is 1.51. The molecule has 2 aliphatic rings. The van der Waals surface area contributed by atoms with Crippen molar-refractivity contribution >= 4 is 75.2 Å².